The molecule has 0 spiro atoms. The molecule has 1 aliphatic heterocycles. The van der Waals surface area contributed by atoms with Crippen molar-refractivity contribution in [2.75, 3.05) is 25.0 Å². The largest absolute Gasteiger partial charge is 0.370 e. The van der Waals surface area contributed by atoms with Gasteiger partial charge in [-0.3, -0.25) is 0 Å². The summed E-state index contributed by atoms with van der Waals surface area (Å²) in [6.07, 6.45) is 3.58. The summed E-state index contributed by atoms with van der Waals surface area (Å²) in [4.78, 5) is 25.2. The van der Waals surface area contributed by atoms with Crippen LogP contribution in [-0.2, 0) is 9.63 Å². The summed E-state index contributed by atoms with van der Waals surface area (Å²) >= 11 is 5.75. The van der Waals surface area contributed by atoms with Gasteiger partial charge in [0, 0.05) is 25.8 Å². The number of carbonyl (C=O) groups excluding carboxylic acids is 1. The van der Waals surface area contributed by atoms with E-state index in [4.69, 9.17) is 16.4 Å². The lowest BCUT2D eigenvalue weighted by Gasteiger charge is -2.32. The summed E-state index contributed by atoms with van der Waals surface area (Å²) in [6.45, 7) is 7.93. The Morgan fingerprint density at radius 1 is 1.45 bits per heavy atom. The number of hydroxylamine groups is 2. The number of piperidine rings is 1. The first-order valence-electron chi connectivity index (χ1n) is 7.54. The van der Waals surface area contributed by atoms with Gasteiger partial charge < -0.3 is 10.2 Å². The van der Waals surface area contributed by atoms with Crippen LogP contribution < -0.4 is 5.32 Å². The van der Waals surface area contributed by atoms with Crippen molar-refractivity contribution in [2.24, 2.45) is 11.3 Å². The number of nitrogens with one attached hydrogen (secondary N) is 1. The van der Waals surface area contributed by atoms with Crippen LogP contribution >= 0.6 is 11.6 Å². The Balaban J connectivity index is 1.72. The molecule has 0 aromatic carbocycles. The van der Waals surface area contributed by atoms with E-state index in [0.717, 1.165) is 38.3 Å². The van der Waals surface area contributed by atoms with Gasteiger partial charge in [0.25, 0.3) is 0 Å². The molecule has 1 fully saturated rings. The predicted molar refractivity (Wildman–Crippen MR) is 85.4 cm³/mol. The number of aromatic nitrogens is 2. The number of hydrogen-bond acceptors (Lipinski definition) is 6. The minimum atomic E-state index is -0.468. The molecule has 22 heavy (non-hydrogen) atoms. The summed E-state index contributed by atoms with van der Waals surface area (Å²) in [5.74, 6) is 1.08. The second-order valence-corrected chi connectivity index (χ2v) is 6.93. The summed E-state index contributed by atoms with van der Waals surface area (Å²) in [7, 11) is 0. The fourth-order valence-corrected chi connectivity index (χ4v) is 2.29. The van der Waals surface area contributed by atoms with Crippen molar-refractivity contribution in [1.82, 2.24) is 15.0 Å². The Labute approximate surface area is 136 Å². The Kier molecular flexibility index (Phi) is 5.58. The minimum Gasteiger partial charge on any atom is -0.370 e. The maximum atomic E-state index is 11.9. The molecule has 1 aromatic rings. The molecule has 0 atom stereocenters. The molecule has 0 saturated carbocycles. The van der Waals surface area contributed by atoms with Gasteiger partial charge in [-0.1, -0.05) is 0 Å². The normalized spacial score (nSPS) is 17.3. The third kappa shape index (κ3) is 5.10. The highest BCUT2D eigenvalue weighted by Gasteiger charge is 2.28. The molecule has 122 valence electrons. The molecule has 1 N–H and O–H groups in total. The summed E-state index contributed by atoms with van der Waals surface area (Å²) < 4.78 is 0. The Bertz CT molecular complexity index is 511. The lowest BCUT2D eigenvalue weighted by atomic mass is 9.97. The molecular formula is C15H23ClN4O2. The van der Waals surface area contributed by atoms with E-state index in [1.54, 1.807) is 17.3 Å². The molecule has 1 saturated heterocycles. The van der Waals surface area contributed by atoms with E-state index in [2.05, 4.69) is 15.3 Å². The molecule has 7 heteroatoms. The molecule has 1 aliphatic rings. The van der Waals surface area contributed by atoms with Crippen LogP contribution in [0.1, 0.15) is 33.6 Å². The van der Waals surface area contributed by atoms with Gasteiger partial charge >= 0.3 is 5.97 Å². The highest BCUT2D eigenvalue weighted by atomic mass is 35.5. The maximum Gasteiger partial charge on any atom is 0.330 e. The van der Waals surface area contributed by atoms with Crippen LogP contribution in [0, 0.1) is 11.3 Å². The van der Waals surface area contributed by atoms with E-state index < -0.39 is 5.41 Å². The maximum absolute atomic E-state index is 11.9. The zero-order valence-corrected chi connectivity index (χ0v) is 14.1. The zero-order valence-electron chi connectivity index (χ0n) is 13.3. The van der Waals surface area contributed by atoms with E-state index in [9.17, 15) is 4.79 Å². The van der Waals surface area contributed by atoms with Crippen LogP contribution in [0.5, 0.6) is 0 Å². The zero-order chi connectivity index (χ0) is 16.2. The molecule has 0 aliphatic carbocycles. The van der Waals surface area contributed by atoms with E-state index >= 15 is 0 Å². The molecule has 0 radical (unpaired) electrons. The highest BCUT2D eigenvalue weighted by molar-refractivity contribution is 6.28. The first kappa shape index (κ1) is 17.0. The van der Waals surface area contributed by atoms with Gasteiger partial charge in [-0.25, -0.2) is 14.8 Å². The van der Waals surface area contributed by atoms with Crippen LogP contribution in [0.3, 0.4) is 0 Å². The van der Waals surface area contributed by atoms with Gasteiger partial charge in [-0.05, 0) is 57.2 Å². The van der Waals surface area contributed by atoms with Gasteiger partial charge in [0.1, 0.15) is 5.82 Å². The van der Waals surface area contributed by atoms with Gasteiger partial charge in [0.2, 0.25) is 5.28 Å². The summed E-state index contributed by atoms with van der Waals surface area (Å²) in [5.41, 5.74) is -0.468. The SMILES string of the molecule is CC(C)(C)C(=O)ON1CCC(CNc2ccnc(Cl)n2)CC1. The lowest BCUT2D eigenvalue weighted by Crippen LogP contribution is -2.40. The quantitative estimate of drug-likeness (QED) is 0.858. The third-order valence-electron chi connectivity index (χ3n) is 3.60. The molecule has 6 nitrogen and oxygen atoms in total. The molecule has 2 heterocycles. The number of nitrogens with zero attached hydrogens (tertiary/aromatic N) is 3. The van der Waals surface area contributed by atoms with Gasteiger partial charge in [-0.15, -0.1) is 5.06 Å². The fraction of sp³-hybridized carbons (Fsp3) is 0.667. The average molecular weight is 327 g/mol. The first-order chi connectivity index (χ1) is 10.3. The van der Waals surface area contributed by atoms with E-state index in [0.29, 0.717) is 5.92 Å². The number of hydrogen-bond donors (Lipinski definition) is 1. The van der Waals surface area contributed by atoms with Crippen LogP contribution in [0.2, 0.25) is 5.28 Å². The molecule has 0 unspecified atom stereocenters. The fourth-order valence-electron chi connectivity index (χ4n) is 2.14. The lowest BCUT2D eigenvalue weighted by molar-refractivity contribution is -0.205. The Morgan fingerprint density at radius 2 is 2.14 bits per heavy atom. The van der Waals surface area contributed by atoms with Crippen molar-refractivity contribution in [3.63, 3.8) is 0 Å². The van der Waals surface area contributed by atoms with Gasteiger partial charge in [0.15, 0.2) is 0 Å². The number of halogens is 1. The third-order valence-corrected chi connectivity index (χ3v) is 3.78. The number of anilines is 1. The first-order valence-corrected chi connectivity index (χ1v) is 7.92. The molecule has 0 bridgehead atoms. The molecule has 2 rings (SSSR count). The molecule has 1 aromatic heterocycles. The van der Waals surface area contributed by atoms with Crippen molar-refractivity contribution in [3.8, 4) is 0 Å². The minimum absolute atomic E-state index is 0.181. The van der Waals surface area contributed by atoms with E-state index in [-0.39, 0.29) is 11.3 Å². The van der Waals surface area contributed by atoms with Crippen molar-refractivity contribution in [1.29, 1.82) is 0 Å². The van der Waals surface area contributed by atoms with E-state index in [1.807, 2.05) is 20.8 Å². The number of rotatable bonds is 4. The standard InChI is InChI=1S/C15H23ClN4O2/c1-15(2,3)13(21)22-20-8-5-11(6-9-20)10-18-12-4-7-17-14(16)19-12/h4,7,11H,5-6,8-10H2,1-3H3,(H,17,18,19). The summed E-state index contributed by atoms with van der Waals surface area (Å²) in [5, 5.41) is 5.29. The molecule has 0 amide bonds. The topological polar surface area (TPSA) is 67.3 Å². The van der Waals surface area contributed by atoms with Crippen molar-refractivity contribution >= 4 is 23.4 Å². The molecular weight excluding hydrogens is 304 g/mol. The second kappa shape index (κ2) is 7.24. The Hall–Kier alpha value is -1.40. The average Bonchev–Trinajstić information content (AvgIpc) is 2.45. The highest BCUT2D eigenvalue weighted by Crippen LogP contribution is 2.21. The van der Waals surface area contributed by atoms with Crippen molar-refractivity contribution in [2.45, 2.75) is 33.6 Å². The van der Waals surface area contributed by atoms with Gasteiger partial charge in [-0.2, -0.15) is 0 Å². The number of carbonyl (C=O) groups is 1. The van der Waals surface area contributed by atoms with Gasteiger partial charge in [0.05, 0.1) is 5.41 Å². The van der Waals surface area contributed by atoms with E-state index in [1.165, 1.54) is 0 Å². The Morgan fingerprint density at radius 3 is 2.73 bits per heavy atom. The summed E-state index contributed by atoms with van der Waals surface area (Å²) in [6, 6.07) is 1.80. The van der Waals surface area contributed by atoms with Crippen molar-refractivity contribution < 1.29 is 9.63 Å². The second-order valence-electron chi connectivity index (χ2n) is 6.59. The van der Waals surface area contributed by atoms with Crippen molar-refractivity contribution in [3.05, 3.63) is 17.5 Å². The predicted octanol–water partition coefficient (Wildman–Crippen LogP) is 2.76. The van der Waals surface area contributed by atoms with Crippen LogP contribution in [0.25, 0.3) is 0 Å². The van der Waals surface area contributed by atoms with Crippen LogP contribution in [0.4, 0.5) is 5.82 Å². The monoisotopic (exact) mass is 326 g/mol. The smallest absolute Gasteiger partial charge is 0.330 e. The van der Waals surface area contributed by atoms with Crippen LogP contribution in [0.15, 0.2) is 12.3 Å². The van der Waals surface area contributed by atoms with Crippen LogP contribution in [-0.4, -0.2) is 40.6 Å².